The van der Waals surface area contributed by atoms with Gasteiger partial charge in [-0.1, -0.05) is 33.1 Å². The molecule has 5 heteroatoms. The first-order valence-electron chi connectivity index (χ1n) is 6.36. The van der Waals surface area contributed by atoms with Gasteiger partial charge in [0.25, 0.3) is 0 Å². The minimum atomic E-state index is -0.973. The minimum Gasteiger partial charge on any atom is -0.480 e. The highest BCUT2D eigenvalue weighted by Gasteiger charge is 2.14. The van der Waals surface area contributed by atoms with E-state index >= 15 is 0 Å². The third-order valence-corrected chi connectivity index (χ3v) is 2.41. The Kier molecular flexibility index (Phi) is 9.19. The molecule has 0 aromatic heterocycles. The lowest BCUT2D eigenvalue weighted by Gasteiger charge is -2.20. The highest BCUT2D eigenvalue weighted by Crippen LogP contribution is 1.98. The van der Waals surface area contributed by atoms with Crippen LogP contribution in [0.5, 0.6) is 0 Å². The molecule has 0 heterocycles. The Morgan fingerprint density at radius 2 is 1.82 bits per heavy atom. The zero-order valence-electron chi connectivity index (χ0n) is 10.9. The first-order chi connectivity index (χ1) is 8.11. The van der Waals surface area contributed by atoms with Crippen molar-refractivity contribution in [3.8, 4) is 0 Å². The van der Waals surface area contributed by atoms with Gasteiger partial charge in [-0.05, 0) is 12.8 Å². The molecule has 0 rings (SSSR count). The van der Waals surface area contributed by atoms with Crippen molar-refractivity contribution in [2.75, 3.05) is 19.6 Å². The predicted octanol–water partition coefficient (Wildman–Crippen LogP) is 2.07. The summed E-state index contributed by atoms with van der Waals surface area (Å²) in [5, 5.41) is 11.4. The lowest BCUT2D eigenvalue weighted by atomic mass is 10.2. The lowest BCUT2D eigenvalue weighted by molar-refractivity contribution is -0.137. The molecule has 0 aromatic rings. The van der Waals surface area contributed by atoms with Crippen LogP contribution in [0.1, 0.15) is 46.0 Å². The van der Waals surface area contributed by atoms with E-state index in [9.17, 15) is 9.59 Å². The van der Waals surface area contributed by atoms with Crippen LogP contribution in [0.25, 0.3) is 0 Å². The largest absolute Gasteiger partial charge is 0.480 e. The molecule has 0 unspecified atom stereocenters. The van der Waals surface area contributed by atoms with E-state index in [1.54, 1.807) is 0 Å². The summed E-state index contributed by atoms with van der Waals surface area (Å²) in [4.78, 5) is 23.6. The molecule has 0 fully saturated rings. The SMILES string of the molecule is CCCCCCNC(=O)N(CCC)CC(=O)O. The molecule has 2 amide bonds. The Labute approximate surface area is 103 Å². The number of unbranched alkanes of at least 4 members (excludes halogenated alkanes) is 3. The molecule has 0 aromatic carbocycles. The van der Waals surface area contributed by atoms with Crippen LogP contribution in [0.3, 0.4) is 0 Å². The van der Waals surface area contributed by atoms with Crippen molar-refractivity contribution in [1.29, 1.82) is 0 Å². The fourth-order valence-electron chi connectivity index (χ4n) is 1.54. The maximum Gasteiger partial charge on any atom is 0.323 e. The Bertz CT molecular complexity index is 232. The summed E-state index contributed by atoms with van der Waals surface area (Å²) in [7, 11) is 0. The first-order valence-corrected chi connectivity index (χ1v) is 6.36. The van der Waals surface area contributed by atoms with Gasteiger partial charge >= 0.3 is 12.0 Å². The van der Waals surface area contributed by atoms with Crippen molar-refractivity contribution in [3.05, 3.63) is 0 Å². The highest BCUT2D eigenvalue weighted by molar-refractivity contribution is 5.79. The average molecular weight is 244 g/mol. The zero-order chi connectivity index (χ0) is 13.1. The Morgan fingerprint density at radius 1 is 1.12 bits per heavy atom. The summed E-state index contributed by atoms with van der Waals surface area (Å²) >= 11 is 0. The third kappa shape index (κ3) is 8.54. The maximum atomic E-state index is 11.7. The molecule has 100 valence electrons. The van der Waals surface area contributed by atoms with Gasteiger partial charge < -0.3 is 15.3 Å². The molecule has 0 aliphatic heterocycles. The van der Waals surface area contributed by atoms with E-state index in [1.165, 1.54) is 11.3 Å². The van der Waals surface area contributed by atoms with E-state index in [-0.39, 0.29) is 12.6 Å². The molecule has 17 heavy (non-hydrogen) atoms. The van der Waals surface area contributed by atoms with Crippen LogP contribution in [-0.4, -0.2) is 41.6 Å². The molecular formula is C12H24N2O3. The van der Waals surface area contributed by atoms with Crippen molar-refractivity contribution < 1.29 is 14.7 Å². The van der Waals surface area contributed by atoms with Crippen LogP contribution in [-0.2, 0) is 4.79 Å². The van der Waals surface area contributed by atoms with Crippen molar-refractivity contribution in [2.45, 2.75) is 46.0 Å². The second kappa shape index (κ2) is 9.93. The molecule has 0 aliphatic carbocycles. The molecule has 0 saturated carbocycles. The average Bonchev–Trinajstić information content (AvgIpc) is 2.27. The normalized spacial score (nSPS) is 10.0. The number of nitrogens with one attached hydrogen (secondary N) is 1. The number of hydrogen-bond donors (Lipinski definition) is 2. The van der Waals surface area contributed by atoms with Crippen LogP contribution in [0.4, 0.5) is 4.79 Å². The topological polar surface area (TPSA) is 69.6 Å². The predicted molar refractivity (Wildman–Crippen MR) is 67.0 cm³/mol. The fourth-order valence-corrected chi connectivity index (χ4v) is 1.54. The molecule has 0 radical (unpaired) electrons. The summed E-state index contributed by atoms with van der Waals surface area (Å²) in [6, 6.07) is -0.272. The molecular weight excluding hydrogens is 220 g/mol. The number of rotatable bonds is 9. The Morgan fingerprint density at radius 3 is 2.35 bits per heavy atom. The molecule has 0 spiro atoms. The molecule has 0 atom stereocenters. The smallest absolute Gasteiger partial charge is 0.323 e. The summed E-state index contributed by atoms with van der Waals surface area (Å²) in [6.45, 7) is 4.93. The molecule has 0 aliphatic rings. The number of hydrogen-bond acceptors (Lipinski definition) is 2. The number of carboxylic acids is 1. The van der Waals surface area contributed by atoms with Gasteiger partial charge in [-0.3, -0.25) is 4.79 Å². The molecule has 2 N–H and O–H groups in total. The van der Waals surface area contributed by atoms with Gasteiger partial charge in [0.1, 0.15) is 6.54 Å². The van der Waals surface area contributed by atoms with E-state index in [2.05, 4.69) is 12.2 Å². The summed E-state index contributed by atoms with van der Waals surface area (Å²) < 4.78 is 0. The molecule has 5 nitrogen and oxygen atoms in total. The van der Waals surface area contributed by atoms with Gasteiger partial charge in [0.2, 0.25) is 0 Å². The number of carbonyl (C=O) groups is 2. The van der Waals surface area contributed by atoms with Gasteiger partial charge in [0, 0.05) is 13.1 Å². The van der Waals surface area contributed by atoms with Crippen LogP contribution in [0, 0.1) is 0 Å². The zero-order valence-corrected chi connectivity index (χ0v) is 10.9. The number of carboxylic acid groups (broad SMARTS) is 1. The van der Waals surface area contributed by atoms with Crippen molar-refractivity contribution in [1.82, 2.24) is 10.2 Å². The summed E-state index contributed by atoms with van der Waals surface area (Å²) in [5.74, 6) is -0.973. The quantitative estimate of drug-likeness (QED) is 0.610. The number of amides is 2. The van der Waals surface area contributed by atoms with E-state index in [0.717, 1.165) is 25.7 Å². The Balaban J connectivity index is 3.84. The van der Waals surface area contributed by atoms with E-state index in [4.69, 9.17) is 5.11 Å². The van der Waals surface area contributed by atoms with Gasteiger partial charge in [-0.25, -0.2) is 4.79 Å². The Hall–Kier alpha value is -1.26. The number of urea groups is 1. The molecule has 0 bridgehead atoms. The van der Waals surface area contributed by atoms with Crippen molar-refractivity contribution in [2.24, 2.45) is 0 Å². The van der Waals surface area contributed by atoms with Crippen LogP contribution in [0.15, 0.2) is 0 Å². The van der Waals surface area contributed by atoms with Crippen LogP contribution in [0.2, 0.25) is 0 Å². The van der Waals surface area contributed by atoms with E-state index < -0.39 is 5.97 Å². The lowest BCUT2D eigenvalue weighted by Crippen LogP contribution is -2.43. The van der Waals surface area contributed by atoms with Crippen molar-refractivity contribution in [3.63, 3.8) is 0 Å². The van der Waals surface area contributed by atoms with Gasteiger partial charge in [0.05, 0.1) is 0 Å². The second-order valence-electron chi connectivity index (χ2n) is 4.11. The standard InChI is InChI=1S/C12H24N2O3/c1-3-5-6-7-8-13-12(17)14(9-4-2)10-11(15)16/h3-10H2,1-2H3,(H,13,17)(H,15,16). The monoisotopic (exact) mass is 244 g/mol. The first kappa shape index (κ1) is 15.7. The van der Waals surface area contributed by atoms with Gasteiger partial charge in [0.15, 0.2) is 0 Å². The third-order valence-electron chi connectivity index (χ3n) is 2.41. The van der Waals surface area contributed by atoms with Gasteiger partial charge in [-0.15, -0.1) is 0 Å². The number of carbonyl (C=O) groups excluding carboxylic acids is 1. The summed E-state index contributed by atoms with van der Waals surface area (Å²) in [5.41, 5.74) is 0. The number of nitrogens with zero attached hydrogens (tertiary/aromatic N) is 1. The van der Waals surface area contributed by atoms with Crippen LogP contribution < -0.4 is 5.32 Å². The van der Waals surface area contributed by atoms with E-state index in [1.807, 2.05) is 6.92 Å². The number of aliphatic carboxylic acids is 1. The van der Waals surface area contributed by atoms with Crippen molar-refractivity contribution >= 4 is 12.0 Å². The van der Waals surface area contributed by atoms with Crippen LogP contribution >= 0.6 is 0 Å². The molecule has 0 saturated heterocycles. The maximum absolute atomic E-state index is 11.7. The minimum absolute atomic E-state index is 0.228. The fraction of sp³-hybridized carbons (Fsp3) is 0.833. The van der Waals surface area contributed by atoms with E-state index in [0.29, 0.717) is 13.1 Å². The van der Waals surface area contributed by atoms with Gasteiger partial charge in [-0.2, -0.15) is 0 Å². The summed E-state index contributed by atoms with van der Waals surface area (Å²) in [6.07, 6.45) is 5.14. The highest BCUT2D eigenvalue weighted by atomic mass is 16.4. The second-order valence-corrected chi connectivity index (χ2v) is 4.11.